The summed E-state index contributed by atoms with van der Waals surface area (Å²) in [6, 6.07) is 5.00. The highest BCUT2D eigenvalue weighted by molar-refractivity contribution is 7.13. The van der Waals surface area contributed by atoms with Crippen molar-refractivity contribution in [3.8, 4) is 0 Å². The van der Waals surface area contributed by atoms with Gasteiger partial charge >= 0.3 is 0 Å². The zero-order valence-corrected chi connectivity index (χ0v) is 17.7. The van der Waals surface area contributed by atoms with Crippen LogP contribution in [0.15, 0.2) is 29.6 Å². The molecule has 0 aliphatic rings. The molecule has 1 heterocycles. The Bertz CT molecular complexity index is 865. The molecule has 0 radical (unpaired) electrons. The second-order valence-corrected chi connectivity index (χ2v) is 7.98. The average Bonchev–Trinajstić information content (AvgIpc) is 3.05. The van der Waals surface area contributed by atoms with Crippen molar-refractivity contribution >= 4 is 34.2 Å². The number of carbonyl (C=O) groups excluding carboxylic acids is 3. The summed E-state index contributed by atoms with van der Waals surface area (Å²) in [6.07, 6.45) is 0.131. The fourth-order valence-electron chi connectivity index (χ4n) is 2.54. The van der Waals surface area contributed by atoms with E-state index in [0.717, 1.165) is 0 Å². The summed E-state index contributed by atoms with van der Waals surface area (Å²) in [7, 11) is 0. The molecule has 0 fully saturated rings. The number of thiazole rings is 1. The SMILES string of the molecule is CC(C)NC(=O)Cc1csc(NC(=O)CN(C(=O)c2ccc(F)cc2)C(C)C)n1. The molecule has 0 aliphatic heterocycles. The van der Waals surface area contributed by atoms with E-state index >= 15 is 0 Å². The van der Waals surface area contributed by atoms with E-state index in [9.17, 15) is 18.8 Å². The van der Waals surface area contributed by atoms with Crippen LogP contribution in [0.1, 0.15) is 43.7 Å². The van der Waals surface area contributed by atoms with Gasteiger partial charge in [-0.05, 0) is 52.0 Å². The topological polar surface area (TPSA) is 91.4 Å². The minimum Gasteiger partial charge on any atom is -0.354 e. The summed E-state index contributed by atoms with van der Waals surface area (Å²) in [5, 5.41) is 7.51. The maximum Gasteiger partial charge on any atom is 0.254 e. The molecule has 2 aromatic rings. The van der Waals surface area contributed by atoms with Gasteiger partial charge in [-0.2, -0.15) is 0 Å². The van der Waals surface area contributed by atoms with E-state index in [2.05, 4.69) is 15.6 Å². The van der Waals surface area contributed by atoms with Crippen LogP contribution in [0.3, 0.4) is 0 Å². The molecule has 2 rings (SSSR count). The first kappa shape index (κ1) is 22.5. The van der Waals surface area contributed by atoms with E-state index < -0.39 is 11.7 Å². The molecule has 7 nitrogen and oxygen atoms in total. The molecule has 9 heteroatoms. The first-order valence-corrected chi connectivity index (χ1v) is 10.1. The molecule has 0 bridgehead atoms. The lowest BCUT2D eigenvalue weighted by molar-refractivity contribution is -0.121. The third-order valence-electron chi connectivity index (χ3n) is 3.88. The zero-order chi connectivity index (χ0) is 21.6. The van der Waals surface area contributed by atoms with Crippen LogP contribution >= 0.6 is 11.3 Å². The minimum atomic E-state index is -0.433. The van der Waals surface area contributed by atoms with Crippen molar-refractivity contribution in [1.29, 1.82) is 0 Å². The first-order valence-electron chi connectivity index (χ1n) is 9.26. The summed E-state index contributed by atoms with van der Waals surface area (Å²) < 4.78 is 13.1. The van der Waals surface area contributed by atoms with Gasteiger partial charge in [-0.3, -0.25) is 14.4 Å². The van der Waals surface area contributed by atoms with Gasteiger partial charge in [0.05, 0.1) is 12.1 Å². The second-order valence-electron chi connectivity index (χ2n) is 7.12. The van der Waals surface area contributed by atoms with Crippen LogP contribution in [0.4, 0.5) is 9.52 Å². The molecule has 0 spiro atoms. The highest BCUT2D eigenvalue weighted by atomic mass is 32.1. The molecule has 0 saturated carbocycles. The monoisotopic (exact) mass is 420 g/mol. The number of nitrogens with zero attached hydrogens (tertiary/aromatic N) is 2. The number of hydrogen-bond acceptors (Lipinski definition) is 5. The summed E-state index contributed by atoms with van der Waals surface area (Å²) >= 11 is 1.21. The maximum atomic E-state index is 13.1. The third-order valence-corrected chi connectivity index (χ3v) is 4.69. The van der Waals surface area contributed by atoms with Crippen LogP contribution in [-0.4, -0.2) is 46.2 Å². The van der Waals surface area contributed by atoms with E-state index in [1.165, 1.54) is 40.5 Å². The number of nitrogens with one attached hydrogen (secondary N) is 2. The van der Waals surface area contributed by atoms with Crippen LogP contribution in [0.2, 0.25) is 0 Å². The van der Waals surface area contributed by atoms with Crippen molar-refractivity contribution in [2.75, 3.05) is 11.9 Å². The first-order chi connectivity index (χ1) is 13.7. The van der Waals surface area contributed by atoms with Crippen LogP contribution in [0.5, 0.6) is 0 Å². The number of benzene rings is 1. The van der Waals surface area contributed by atoms with Crippen LogP contribution in [-0.2, 0) is 16.0 Å². The lowest BCUT2D eigenvalue weighted by Gasteiger charge is -2.26. The summed E-state index contributed by atoms with van der Waals surface area (Å²) in [4.78, 5) is 42.5. The third kappa shape index (κ3) is 6.94. The van der Waals surface area contributed by atoms with Gasteiger partial charge in [0, 0.05) is 23.0 Å². The molecule has 29 heavy (non-hydrogen) atoms. The lowest BCUT2D eigenvalue weighted by atomic mass is 10.1. The molecule has 2 N–H and O–H groups in total. The summed E-state index contributed by atoms with van der Waals surface area (Å²) in [6.45, 7) is 7.17. The highest BCUT2D eigenvalue weighted by Crippen LogP contribution is 2.16. The molecular weight excluding hydrogens is 395 g/mol. The predicted octanol–water partition coefficient (Wildman–Crippen LogP) is 2.84. The molecule has 3 amide bonds. The Hall–Kier alpha value is -2.81. The normalized spacial score (nSPS) is 10.9. The Balaban J connectivity index is 1.98. The number of anilines is 1. The smallest absolute Gasteiger partial charge is 0.254 e. The minimum absolute atomic E-state index is 0.0426. The van der Waals surface area contributed by atoms with Gasteiger partial charge in [0.1, 0.15) is 12.4 Å². The predicted molar refractivity (Wildman–Crippen MR) is 110 cm³/mol. The number of hydrogen-bond donors (Lipinski definition) is 2. The van der Waals surface area contributed by atoms with Crippen molar-refractivity contribution in [2.24, 2.45) is 0 Å². The van der Waals surface area contributed by atoms with Crippen molar-refractivity contribution in [1.82, 2.24) is 15.2 Å². The molecule has 1 aromatic carbocycles. The van der Waals surface area contributed by atoms with Gasteiger partial charge in [-0.25, -0.2) is 9.37 Å². The quantitative estimate of drug-likeness (QED) is 0.687. The number of rotatable bonds is 8. The fourth-order valence-corrected chi connectivity index (χ4v) is 3.27. The van der Waals surface area contributed by atoms with E-state index in [-0.39, 0.29) is 36.9 Å². The highest BCUT2D eigenvalue weighted by Gasteiger charge is 2.22. The lowest BCUT2D eigenvalue weighted by Crippen LogP contribution is -2.42. The molecule has 156 valence electrons. The van der Waals surface area contributed by atoms with Crippen LogP contribution in [0, 0.1) is 5.82 Å². The molecule has 1 aromatic heterocycles. The van der Waals surface area contributed by atoms with Crippen molar-refractivity contribution in [3.63, 3.8) is 0 Å². The standard InChI is InChI=1S/C20H25FN4O3S/c1-12(2)22-17(26)9-16-11-29-20(23-16)24-18(27)10-25(13(3)4)19(28)14-5-7-15(21)8-6-14/h5-8,11-13H,9-10H2,1-4H3,(H,22,26)(H,23,24,27). The van der Waals surface area contributed by atoms with Gasteiger partial charge in [-0.1, -0.05) is 0 Å². The van der Waals surface area contributed by atoms with E-state index in [1.807, 2.05) is 13.8 Å². The summed E-state index contributed by atoms with van der Waals surface area (Å²) in [5.74, 6) is -1.34. The van der Waals surface area contributed by atoms with E-state index in [4.69, 9.17) is 0 Å². The van der Waals surface area contributed by atoms with Gasteiger partial charge in [0.2, 0.25) is 11.8 Å². The zero-order valence-electron chi connectivity index (χ0n) is 16.9. The van der Waals surface area contributed by atoms with E-state index in [0.29, 0.717) is 16.4 Å². The second kappa shape index (κ2) is 10.1. The summed E-state index contributed by atoms with van der Waals surface area (Å²) in [5.41, 5.74) is 0.868. The largest absolute Gasteiger partial charge is 0.354 e. The Labute approximate surface area is 173 Å². The Morgan fingerprint density at radius 3 is 2.34 bits per heavy atom. The van der Waals surface area contributed by atoms with Crippen molar-refractivity contribution in [3.05, 3.63) is 46.7 Å². The Morgan fingerprint density at radius 2 is 1.76 bits per heavy atom. The molecular formula is C20H25FN4O3S. The average molecular weight is 421 g/mol. The van der Waals surface area contributed by atoms with Gasteiger partial charge in [-0.15, -0.1) is 11.3 Å². The number of amides is 3. The van der Waals surface area contributed by atoms with Crippen molar-refractivity contribution in [2.45, 2.75) is 46.2 Å². The molecule has 0 unspecified atom stereocenters. The van der Waals surface area contributed by atoms with E-state index in [1.54, 1.807) is 19.2 Å². The molecule has 0 aliphatic carbocycles. The Kier molecular flexibility index (Phi) is 7.83. The Morgan fingerprint density at radius 1 is 1.10 bits per heavy atom. The van der Waals surface area contributed by atoms with Gasteiger partial charge in [0.25, 0.3) is 5.91 Å². The maximum absolute atomic E-state index is 13.1. The number of aromatic nitrogens is 1. The fraction of sp³-hybridized carbons (Fsp3) is 0.400. The van der Waals surface area contributed by atoms with Gasteiger partial charge < -0.3 is 15.5 Å². The van der Waals surface area contributed by atoms with Gasteiger partial charge in [0.15, 0.2) is 5.13 Å². The van der Waals surface area contributed by atoms with Crippen LogP contribution in [0.25, 0.3) is 0 Å². The number of carbonyl (C=O) groups is 3. The van der Waals surface area contributed by atoms with Crippen LogP contribution < -0.4 is 10.6 Å². The van der Waals surface area contributed by atoms with Crippen molar-refractivity contribution < 1.29 is 18.8 Å². The molecule has 0 atom stereocenters. The number of halogens is 1. The molecule has 0 saturated heterocycles.